The molecule has 0 spiro atoms. The van der Waals surface area contributed by atoms with Gasteiger partial charge in [0.15, 0.2) is 0 Å². The molecule has 1 saturated heterocycles. The highest BCUT2D eigenvalue weighted by Gasteiger charge is 2.15. The van der Waals surface area contributed by atoms with Gasteiger partial charge in [-0.05, 0) is 59.6 Å². The molecule has 1 N–H and O–H groups in total. The van der Waals surface area contributed by atoms with E-state index in [-0.39, 0.29) is 0 Å². The zero-order valence-corrected chi connectivity index (χ0v) is 17.9. The van der Waals surface area contributed by atoms with Crippen LogP contribution in [-0.2, 0) is 6.42 Å². The molecular weight excluding hydrogens is 382 g/mol. The van der Waals surface area contributed by atoms with Crippen molar-refractivity contribution in [2.24, 2.45) is 0 Å². The Kier molecular flexibility index (Phi) is 5.77. The average molecular weight is 412 g/mol. The smallest absolute Gasteiger partial charge is 0.123 e. The molecule has 3 nitrogen and oxygen atoms in total. The summed E-state index contributed by atoms with van der Waals surface area (Å²) < 4.78 is 6.35. The van der Waals surface area contributed by atoms with Crippen LogP contribution >= 0.6 is 0 Å². The quantitative estimate of drug-likeness (QED) is 0.413. The molecule has 0 amide bonds. The molecule has 4 aromatic carbocycles. The van der Waals surface area contributed by atoms with Gasteiger partial charge < -0.3 is 9.84 Å². The third-order valence-electron chi connectivity index (χ3n) is 6.48. The molecule has 5 rings (SSSR count). The number of phenols is 1. The van der Waals surface area contributed by atoms with E-state index < -0.39 is 0 Å². The second-order valence-corrected chi connectivity index (χ2v) is 8.48. The van der Waals surface area contributed by atoms with Crippen molar-refractivity contribution in [2.75, 3.05) is 26.2 Å². The minimum Gasteiger partial charge on any atom is -0.508 e. The lowest BCUT2D eigenvalue weighted by atomic mass is 9.93. The second-order valence-electron chi connectivity index (χ2n) is 8.48. The minimum atomic E-state index is 0.339. The normalized spacial score (nSPS) is 14.8. The topological polar surface area (TPSA) is 32.7 Å². The van der Waals surface area contributed by atoms with E-state index in [4.69, 9.17) is 4.74 Å². The van der Waals surface area contributed by atoms with Gasteiger partial charge in [-0.25, -0.2) is 0 Å². The summed E-state index contributed by atoms with van der Waals surface area (Å²) in [6.45, 7) is 4.01. The molecule has 0 saturated carbocycles. The number of benzene rings is 4. The number of nitrogens with zero attached hydrogens (tertiary/aromatic N) is 1. The molecule has 0 unspecified atom stereocenters. The van der Waals surface area contributed by atoms with Gasteiger partial charge >= 0.3 is 0 Å². The highest BCUT2D eigenvalue weighted by molar-refractivity contribution is 5.91. The average Bonchev–Trinajstić information content (AvgIpc) is 2.82. The number of rotatable bonds is 6. The van der Waals surface area contributed by atoms with Crippen molar-refractivity contribution in [1.29, 1.82) is 0 Å². The van der Waals surface area contributed by atoms with E-state index in [2.05, 4.69) is 53.4 Å². The van der Waals surface area contributed by atoms with Crippen LogP contribution in [0.5, 0.6) is 11.5 Å². The molecule has 1 fully saturated rings. The van der Waals surface area contributed by atoms with Crippen LogP contribution in [0.1, 0.15) is 30.4 Å². The number of likely N-dealkylation sites (tertiary alicyclic amines) is 1. The third kappa shape index (κ3) is 4.24. The van der Waals surface area contributed by atoms with Crippen LogP contribution in [0.25, 0.3) is 21.5 Å². The first-order valence-corrected chi connectivity index (χ1v) is 11.3. The molecule has 0 bridgehead atoms. The van der Waals surface area contributed by atoms with Gasteiger partial charge in [0.25, 0.3) is 0 Å². The van der Waals surface area contributed by atoms with Crippen molar-refractivity contribution in [3.05, 3.63) is 83.9 Å². The van der Waals surface area contributed by atoms with Crippen LogP contribution < -0.4 is 4.74 Å². The number of piperidine rings is 1. The highest BCUT2D eigenvalue weighted by Crippen LogP contribution is 2.35. The van der Waals surface area contributed by atoms with E-state index >= 15 is 0 Å². The summed E-state index contributed by atoms with van der Waals surface area (Å²) in [6, 6.07) is 24.7. The van der Waals surface area contributed by atoms with E-state index in [1.165, 1.54) is 43.1 Å². The fraction of sp³-hybridized carbons (Fsp3) is 0.286. The first-order chi connectivity index (χ1) is 15.3. The predicted molar refractivity (Wildman–Crippen MR) is 128 cm³/mol. The lowest BCUT2D eigenvalue weighted by Crippen LogP contribution is -2.33. The molecule has 1 aliphatic rings. The van der Waals surface area contributed by atoms with Crippen LogP contribution in [0.2, 0.25) is 0 Å². The van der Waals surface area contributed by atoms with Crippen molar-refractivity contribution in [3.63, 3.8) is 0 Å². The fourth-order valence-corrected chi connectivity index (χ4v) is 4.79. The van der Waals surface area contributed by atoms with Crippen LogP contribution in [0.3, 0.4) is 0 Å². The van der Waals surface area contributed by atoms with Gasteiger partial charge in [-0.2, -0.15) is 0 Å². The maximum Gasteiger partial charge on any atom is 0.123 e. The van der Waals surface area contributed by atoms with Crippen LogP contribution in [0.4, 0.5) is 0 Å². The summed E-state index contributed by atoms with van der Waals surface area (Å²) in [6.07, 6.45) is 4.57. The van der Waals surface area contributed by atoms with E-state index in [1.54, 1.807) is 6.07 Å². The zero-order chi connectivity index (χ0) is 21.0. The molecule has 0 aromatic heterocycles. The van der Waals surface area contributed by atoms with Crippen LogP contribution in [-0.4, -0.2) is 36.2 Å². The van der Waals surface area contributed by atoms with E-state index in [9.17, 15) is 5.11 Å². The van der Waals surface area contributed by atoms with Crippen molar-refractivity contribution < 1.29 is 9.84 Å². The highest BCUT2D eigenvalue weighted by atomic mass is 16.5. The maximum atomic E-state index is 10.7. The Morgan fingerprint density at radius 1 is 0.710 bits per heavy atom. The molecule has 0 radical (unpaired) electrons. The number of aromatic hydroxyl groups is 1. The summed E-state index contributed by atoms with van der Waals surface area (Å²) >= 11 is 0. The molecule has 0 aliphatic carbocycles. The Labute approximate surface area is 183 Å². The monoisotopic (exact) mass is 411 g/mol. The number of hydrogen-bond acceptors (Lipinski definition) is 3. The van der Waals surface area contributed by atoms with E-state index in [0.29, 0.717) is 18.8 Å². The summed E-state index contributed by atoms with van der Waals surface area (Å²) in [5.74, 6) is 1.26. The van der Waals surface area contributed by atoms with Crippen molar-refractivity contribution in [3.8, 4) is 11.5 Å². The lowest BCUT2D eigenvalue weighted by molar-refractivity contribution is 0.183. The van der Waals surface area contributed by atoms with Crippen LogP contribution in [0, 0.1) is 0 Å². The Hall–Kier alpha value is -3.04. The van der Waals surface area contributed by atoms with E-state index in [0.717, 1.165) is 34.2 Å². The number of fused-ring (bicyclic) bond motifs is 2. The first-order valence-electron chi connectivity index (χ1n) is 11.3. The van der Waals surface area contributed by atoms with Gasteiger partial charge in [-0.15, -0.1) is 0 Å². The lowest BCUT2D eigenvalue weighted by Gasteiger charge is -2.26. The molecule has 1 heterocycles. The van der Waals surface area contributed by atoms with Crippen molar-refractivity contribution in [2.45, 2.75) is 25.7 Å². The fourth-order valence-electron chi connectivity index (χ4n) is 4.79. The van der Waals surface area contributed by atoms with Gasteiger partial charge in [0.1, 0.15) is 18.1 Å². The molecule has 1 aliphatic heterocycles. The van der Waals surface area contributed by atoms with Crippen molar-refractivity contribution in [1.82, 2.24) is 4.90 Å². The molecular formula is C28H29NO2. The summed E-state index contributed by atoms with van der Waals surface area (Å²) in [7, 11) is 0. The SMILES string of the molecule is Oc1ccc2ccccc2c1Cc1c(OCCN2CCCCC2)ccc2ccccc12. The second kappa shape index (κ2) is 8.99. The Morgan fingerprint density at radius 2 is 1.35 bits per heavy atom. The Balaban J connectivity index is 1.49. The third-order valence-corrected chi connectivity index (χ3v) is 6.48. The van der Waals surface area contributed by atoms with Gasteiger partial charge in [0.2, 0.25) is 0 Å². The first kappa shape index (κ1) is 19.9. The minimum absolute atomic E-state index is 0.339. The summed E-state index contributed by atoms with van der Waals surface area (Å²) in [5, 5.41) is 15.3. The number of hydrogen-bond donors (Lipinski definition) is 1. The summed E-state index contributed by atoms with van der Waals surface area (Å²) in [5.41, 5.74) is 2.10. The molecule has 4 aromatic rings. The van der Waals surface area contributed by atoms with Gasteiger partial charge in [-0.1, -0.05) is 67.1 Å². The number of phenolic OH excluding ortho intramolecular Hbond substituents is 1. The molecule has 0 atom stereocenters. The summed E-state index contributed by atoms with van der Waals surface area (Å²) in [4.78, 5) is 2.50. The van der Waals surface area contributed by atoms with Gasteiger partial charge in [0, 0.05) is 24.1 Å². The van der Waals surface area contributed by atoms with Gasteiger partial charge in [-0.3, -0.25) is 4.90 Å². The van der Waals surface area contributed by atoms with Crippen LogP contribution in [0.15, 0.2) is 72.8 Å². The maximum absolute atomic E-state index is 10.7. The largest absolute Gasteiger partial charge is 0.508 e. The Bertz CT molecular complexity index is 1190. The molecule has 3 heteroatoms. The zero-order valence-electron chi connectivity index (χ0n) is 17.9. The van der Waals surface area contributed by atoms with E-state index in [1.807, 2.05) is 18.2 Å². The molecule has 31 heavy (non-hydrogen) atoms. The predicted octanol–water partition coefficient (Wildman–Crippen LogP) is 6.15. The van der Waals surface area contributed by atoms with Crippen molar-refractivity contribution >= 4 is 21.5 Å². The number of ether oxygens (including phenoxy) is 1. The Morgan fingerprint density at radius 3 is 2.10 bits per heavy atom. The standard InChI is InChI=1S/C28H29NO2/c30-27-14-12-21-8-2-4-10-23(21)25(27)20-26-24-11-5-3-9-22(24)13-15-28(26)31-19-18-29-16-6-1-7-17-29/h2-5,8-15,30H,1,6-7,16-20H2. The van der Waals surface area contributed by atoms with Gasteiger partial charge in [0.05, 0.1) is 0 Å². The molecule has 158 valence electrons.